The molecule has 146 valence electrons. The molecule has 2 aromatic heterocycles. The minimum absolute atomic E-state index is 0.0270. The maximum atomic E-state index is 12.5. The molecule has 0 aliphatic carbocycles. The average Bonchev–Trinajstić information content (AvgIpc) is 3.25. The molecule has 3 rings (SSSR count). The van der Waals surface area contributed by atoms with Crippen LogP contribution in [0.2, 0.25) is 0 Å². The van der Waals surface area contributed by atoms with Gasteiger partial charge in [0, 0.05) is 18.6 Å². The molecule has 1 N–H and O–H groups in total. The summed E-state index contributed by atoms with van der Waals surface area (Å²) in [4.78, 5) is 21.7. The van der Waals surface area contributed by atoms with E-state index in [0.717, 1.165) is 22.4 Å². The smallest absolute Gasteiger partial charge is 0.299 e. The Bertz CT molecular complexity index is 947. The lowest BCUT2D eigenvalue weighted by Crippen LogP contribution is -2.20. The zero-order chi connectivity index (χ0) is 19.9. The highest BCUT2D eigenvalue weighted by atomic mass is 32.2. The molecule has 1 amide bonds. The molecular formula is C19H21N5O3S. The van der Waals surface area contributed by atoms with Gasteiger partial charge in [0.2, 0.25) is 11.7 Å². The quantitative estimate of drug-likeness (QED) is 0.582. The van der Waals surface area contributed by atoms with Crippen molar-refractivity contribution in [3.63, 3.8) is 0 Å². The Balaban J connectivity index is 1.72. The van der Waals surface area contributed by atoms with E-state index >= 15 is 0 Å². The Labute approximate surface area is 167 Å². The number of carbonyl (C=O) groups is 1. The Morgan fingerprint density at radius 3 is 2.82 bits per heavy atom. The minimum Gasteiger partial charge on any atom is -0.496 e. The second-order valence-electron chi connectivity index (χ2n) is 5.80. The van der Waals surface area contributed by atoms with Gasteiger partial charge in [0.25, 0.3) is 5.91 Å². The number of rotatable bonds is 8. The lowest BCUT2D eigenvalue weighted by molar-refractivity contribution is 0.0973. The number of aromatic nitrogens is 4. The van der Waals surface area contributed by atoms with Gasteiger partial charge >= 0.3 is 0 Å². The lowest BCUT2D eigenvalue weighted by atomic mass is 10.2. The van der Waals surface area contributed by atoms with E-state index in [1.54, 1.807) is 24.2 Å². The number of amides is 1. The van der Waals surface area contributed by atoms with E-state index in [2.05, 4.69) is 26.7 Å². The average molecular weight is 399 g/mol. The number of hydrogen-bond donors (Lipinski definition) is 1. The fourth-order valence-electron chi connectivity index (χ4n) is 2.52. The van der Waals surface area contributed by atoms with Crippen molar-refractivity contribution in [2.75, 3.05) is 14.2 Å². The molecule has 0 radical (unpaired) electrons. The number of nitrogens with one attached hydrogen (secondary N) is 1. The van der Waals surface area contributed by atoms with Crippen LogP contribution in [0, 0.1) is 0 Å². The number of methoxy groups -OCH3 is 2. The van der Waals surface area contributed by atoms with Crippen LogP contribution in [0.1, 0.15) is 28.7 Å². The van der Waals surface area contributed by atoms with Crippen molar-refractivity contribution >= 4 is 17.9 Å². The van der Waals surface area contributed by atoms with E-state index in [9.17, 15) is 4.79 Å². The highest BCUT2D eigenvalue weighted by Crippen LogP contribution is 2.28. The van der Waals surface area contributed by atoms with E-state index in [0.29, 0.717) is 18.2 Å². The van der Waals surface area contributed by atoms with Crippen LogP contribution < -0.4 is 14.2 Å². The van der Waals surface area contributed by atoms with Crippen LogP contribution in [0.5, 0.6) is 11.6 Å². The first-order valence-electron chi connectivity index (χ1n) is 8.66. The second kappa shape index (κ2) is 9.23. The van der Waals surface area contributed by atoms with Crippen molar-refractivity contribution in [1.29, 1.82) is 0 Å². The maximum Gasteiger partial charge on any atom is 0.299 e. The van der Waals surface area contributed by atoms with Crippen molar-refractivity contribution in [2.45, 2.75) is 24.8 Å². The summed E-state index contributed by atoms with van der Waals surface area (Å²) in [6.07, 6.45) is 5.98. The molecule has 0 saturated heterocycles. The SMILES string of the molecule is CCc1ccc(OC)c(SNC(=O)c2ncc(Cn3cccn3)c(OC)n2)c1. The van der Waals surface area contributed by atoms with E-state index in [-0.39, 0.29) is 5.82 Å². The molecule has 0 bridgehead atoms. The molecule has 8 nitrogen and oxygen atoms in total. The molecule has 0 aliphatic rings. The molecule has 0 unspecified atom stereocenters. The predicted molar refractivity (Wildman–Crippen MR) is 106 cm³/mol. The number of benzene rings is 1. The summed E-state index contributed by atoms with van der Waals surface area (Å²) in [5.74, 6) is 0.638. The monoisotopic (exact) mass is 399 g/mol. The molecule has 0 atom stereocenters. The summed E-state index contributed by atoms with van der Waals surface area (Å²) in [6, 6.07) is 7.69. The standard InChI is InChI=1S/C19H21N5O3S/c1-4-13-6-7-15(26-2)16(10-13)28-23-18(25)17-20-11-14(19(22-17)27-3)12-24-9-5-8-21-24/h5-11H,4,12H2,1-3H3,(H,23,25). The van der Waals surface area contributed by atoms with E-state index in [1.165, 1.54) is 19.1 Å². The lowest BCUT2D eigenvalue weighted by Gasteiger charge is -2.11. The van der Waals surface area contributed by atoms with Gasteiger partial charge < -0.3 is 9.47 Å². The summed E-state index contributed by atoms with van der Waals surface area (Å²) >= 11 is 1.17. The van der Waals surface area contributed by atoms with Gasteiger partial charge in [-0.3, -0.25) is 14.2 Å². The Kier molecular flexibility index (Phi) is 6.49. The van der Waals surface area contributed by atoms with Crippen molar-refractivity contribution in [2.24, 2.45) is 0 Å². The fourth-order valence-corrected chi connectivity index (χ4v) is 3.28. The van der Waals surface area contributed by atoms with Gasteiger partial charge in [-0.25, -0.2) is 4.98 Å². The molecular weight excluding hydrogens is 378 g/mol. The van der Waals surface area contributed by atoms with E-state index in [1.807, 2.05) is 30.5 Å². The second-order valence-corrected chi connectivity index (χ2v) is 6.65. The Morgan fingerprint density at radius 1 is 1.29 bits per heavy atom. The molecule has 28 heavy (non-hydrogen) atoms. The van der Waals surface area contributed by atoms with Gasteiger partial charge in [0.05, 0.1) is 31.2 Å². The topological polar surface area (TPSA) is 91.2 Å². The summed E-state index contributed by atoms with van der Waals surface area (Å²) in [5, 5.41) is 4.15. The van der Waals surface area contributed by atoms with Crippen LogP contribution in [0.4, 0.5) is 0 Å². The van der Waals surface area contributed by atoms with E-state index < -0.39 is 5.91 Å². The van der Waals surface area contributed by atoms with Gasteiger partial charge in [-0.05, 0) is 42.1 Å². The van der Waals surface area contributed by atoms with Crippen LogP contribution in [0.25, 0.3) is 0 Å². The van der Waals surface area contributed by atoms with Gasteiger partial charge in [-0.2, -0.15) is 10.1 Å². The number of aryl methyl sites for hydroxylation is 1. The Morgan fingerprint density at radius 2 is 2.14 bits per heavy atom. The van der Waals surface area contributed by atoms with Gasteiger partial charge in [0.15, 0.2) is 0 Å². The van der Waals surface area contributed by atoms with Gasteiger partial charge in [0.1, 0.15) is 5.75 Å². The first-order valence-corrected chi connectivity index (χ1v) is 9.47. The van der Waals surface area contributed by atoms with Gasteiger partial charge in [-0.1, -0.05) is 13.0 Å². The largest absolute Gasteiger partial charge is 0.496 e. The number of ether oxygens (including phenoxy) is 2. The molecule has 0 aliphatic heterocycles. The zero-order valence-corrected chi connectivity index (χ0v) is 16.7. The van der Waals surface area contributed by atoms with Gasteiger partial charge in [-0.15, -0.1) is 0 Å². The molecule has 0 fully saturated rings. The zero-order valence-electron chi connectivity index (χ0n) is 15.9. The van der Waals surface area contributed by atoms with Crippen LogP contribution >= 0.6 is 11.9 Å². The number of hydrogen-bond acceptors (Lipinski definition) is 7. The fraction of sp³-hybridized carbons (Fsp3) is 0.263. The van der Waals surface area contributed by atoms with Crippen molar-refractivity contribution < 1.29 is 14.3 Å². The van der Waals surface area contributed by atoms with Crippen LogP contribution in [0.3, 0.4) is 0 Å². The number of nitrogens with zero attached hydrogens (tertiary/aromatic N) is 4. The van der Waals surface area contributed by atoms with E-state index in [4.69, 9.17) is 9.47 Å². The highest BCUT2D eigenvalue weighted by Gasteiger charge is 2.16. The normalized spacial score (nSPS) is 10.5. The first kappa shape index (κ1) is 19.7. The molecule has 0 spiro atoms. The summed E-state index contributed by atoms with van der Waals surface area (Å²) in [7, 11) is 3.10. The van der Waals surface area contributed by atoms with Crippen LogP contribution in [-0.2, 0) is 13.0 Å². The molecule has 3 aromatic rings. The molecule has 0 saturated carbocycles. The molecule has 9 heteroatoms. The summed E-state index contributed by atoms with van der Waals surface area (Å²) in [5.41, 5.74) is 1.88. The maximum absolute atomic E-state index is 12.5. The Hall–Kier alpha value is -3.07. The van der Waals surface area contributed by atoms with Crippen molar-refractivity contribution in [3.05, 3.63) is 59.8 Å². The number of carbonyl (C=O) groups excluding carboxylic acids is 1. The molecule has 2 heterocycles. The third-order valence-corrected chi connectivity index (χ3v) is 4.83. The minimum atomic E-state index is -0.419. The molecule has 1 aromatic carbocycles. The summed E-state index contributed by atoms with van der Waals surface area (Å²) < 4.78 is 15.2. The van der Waals surface area contributed by atoms with Crippen molar-refractivity contribution in [3.8, 4) is 11.6 Å². The van der Waals surface area contributed by atoms with Crippen LogP contribution in [-0.4, -0.2) is 39.9 Å². The third kappa shape index (κ3) is 4.61. The van der Waals surface area contributed by atoms with Crippen molar-refractivity contribution in [1.82, 2.24) is 24.5 Å². The third-order valence-electron chi connectivity index (χ3n) is 4.00. The van der Waals surface area contributed by atoms with Crippen LogP contribution in [0.15, 0.2) is 47.8 Å². The first-order chi connectivity index (χ1) is 13.6. The predicted octanol–water partition coefficient (Wildman–Crippen LogP) is 2.74. The summed E-state index contributed by atoms with van der Waals surface area (Å²) in [6.45, 7) is 2.52. The highest BCUT2D eigenvalue weighted by molar-refractivity contribution is 7.98.